The van der Waals surface area contributed by atoms with E-state index in [1.807, 2.05) is 23.1 Å². The fraction of sp³-hybridized carbons (Fsp3) is 0.667. The van der Waals surface area contributed by atoms with Gasteiger partial charge in [0.2, 0.25) is 0 Å². The Kier molecular flexibility index (Phi) is 5.72. The molecule has 0 bridgehead atoms. The van der Waals surface area contributed by atoms with E-state index in [1.165, 1.54) is 22.6 Å². The van der Waals surface area contributed by atoms with Crippen LogP contribution < -0.4 is 5.73 Å². The fourth-order valence-corrected chi connectivity index (χ4v) is 3.92. The standard InChI is InChI=1S/C12H21NS2/c1-4-9(2)8-15-11(7-13)12-10(3)5-6-14-12/h5-6,9,11H,4,7-8,13H2,1-3H3. The predicted molar refractivity (Wildman–Crippen MR) is 72.8 cm³/mol. The molecule has 0 aromatic carbocycles. The molecule has 1 aromatic heterocycles. The van der Waals surface area contributed by atoms with Crippen molar-refractivity contribution >= 4 is 23.1 Å². The van der Waals surface area contributed by atoms with Gasteiger partial charge in [0.05, 0.1) is 5.25 Å². The molecule has 0 aliphatic rings. The molecular formula is C12H21NS2. The minimum atomic E-state index is 0.499. The monoisotopic (exact) mass is 243 g/mol. The number of thiophene rings is 1. The highest BCUT2D eigenvalue weighted by Crippen LogP contribution is 2.35. The van der Waals surface area contributed by atoms with Crippen LogP contribution in [-0.4, -0.2) is 12.3 Å². The number of aryl methyl sites for hydroxylation is 1. The third kappa shape index (κ3) is 3.82. The fourth-order valence-electron chi connectivity index (χ4n) is 1.36. The van der Waals surface area contributed by atoms with Crippen LogP contribution in [0.15, 0.2) is 11.4 Å². The average Bonchev–Trinajstić information content (AvgIpc) is 2.65. The lowest BCUT2D eigenvalue weighted by Gasteiger charge is -2.16. The SMILES string of the molecule is CCC(C)CSC(CN)c1sccc1C. The summed E-state index contributed by atoms with van der Waals surface area (Å²) in [5.41, 5.74) is 7.24. The molecule has 86 valence electrons. The van der Waals surface area contributed by atoms with E-state index in [0.29, 0.717) is 5.25 Å². The van der Waals surface area contributed by atoms with E-state index < -0.39 is 0 Å². The summed E-state index contributed by atoms with van der Waals surface area (Å²) < 4.78 is 0. The van der Waals surface area contributed by atoms with Gasteiger partial charge in [0.15, 0.2) is 0 Å². The Balaban J connectivity index is 2.53. The molecule has 2 N–H and O–H groups in total. The lowest BCUT2D eigenvalue weighted by molar-refractivity contribution is 0.635. The summed E-state index contributed by atoms with van der Waals surface area (Å²) in [5.74, 6) is 2.01. The van der Waals surface area contributed by atoms with Crippen molar-refractivity contribution < 1.29 is 0 Å². The van der Waals surface area contributed by atoms with Gasteiger partial charge in [-0.1, -0.05) is 20.3 Å². The first-order chi connectivity index (χ1) is 7.19. The highest BCUT2D eigenvalue weighted by molar-refractivity contribution is 7.99. The van der Waals surface area contributed by atoms with Crippen LogP contribution in [0, 0.1) is 12.8 Å². The van der Waals surface area contributed by atoms with Gasteiger partial charge in [-0.25, -0.2) is 0 Å². The van der Waals surface area contributed by atoms with Crippen molar-refractivity contribution in [2.24, 2.45) is 11.7 Å². The summed E-state index contributed by atoms with van der Waals surface area (Å²) >= 11 is 3.85. The van der Waals surface area contributed by atoms with Crippen LogP contribution in [0.1, 0.15) is 36.0 Å². The Morgan fingerprint density at radius 1 is 1.53 bits per heavy atom. The number of hydrogen-bond donors (Lipinski definition) is 1. The first kappa shape index (κ1) is 13.1. The molecule has 0 saturated heterocycles. The van der Waals surface area contributed by atoms with Crippen molar-refractivity contribution in [1.29, 1.82) is 0 Å². The molecule has 0 spiro atoms. The summed E-state index contributed by atoms with van der Waals surface area (Å²) in [6.45, 7) is 7.49. The molecule has 0 radical (unpaired) electrons. The molecule has 0 aliphatic heterocycles. The summed E-state index contributed by atoms with van der Waals surface area (Å²) in [5, 5.41) is 2.66. The third-order valence-electron chi connectivity index (χ3n) is 2.69. The van der Waals surface area contributed by atoms with Gasteiger partial charge >= 0.3 is 0 Å². The summed E-state index contributed by atoms with van der Waals surface area (Å²) in [7, 11) is 0. The van der Waals surface area contributed by atoms with Gasteiger partial charge in [-0.2, -0.15) is 11.8 Å². The zero-order chi connectivity index (χ0) is 11.3. The summed E-state index contributed by atoms with van der Waals surface area (Å²) in [4.78, 5) is 1.46. The second kappa shape index (κ2) is 6.56. The van der Waals surface area contributed by atoms with E-state index in [-0.39, 0.29) is 0 Å². The topological polar surface area (TPSA) is 26.0 Å². The van der Waals surface area contributed by atoms with Gasteiger partial charge < -0.3 is 5.73 Å². The van der Waals surface area contributed by atoms with Gasteiger partial charge in [0.25, 0.3) is 0 Å². The molecule has 0 fully saturated rings. The molecule has 1 nitrogen and oxygen atoms in total. The normalized spacial score (nSPS) is 15.2. The maximum atomic E-state index is 5.85. The summed E-state index contributed by atoms with van der Waals surface area (Å²) in [6.07, 6.45) is 1.26. The number of thioether (sulfide) groups is 1. The predicted octanol–water partition coefficient (Wildman–Crippen LogP) is 3.84. The third-order valence-corrected chi connectivity index (χ3v) is 5.56. The molecule has 2 atom stereocenters. The zero-order valence-corrected chi connectivity index (χ0v) is 11.5. The molecule has 0 saturated carbocycles. The van der Waals surface area contributed by atoms with Crippen LogP contribution in [0.2, 0.25) is 0 Å². The average molecular weight is 243 g/mol. The van der Waals surface area contributed by atoms with Crippen LogP contribution in [0.3, 0.4) is 0 Å². The zero-order valence-electron chi connectivity index (χ0n) is 9.82. The molecule has 15 heavy (non-hydrogen) atoms. The van der Waals surface area contributed by atoms with E-state index in [1.54, 1.807) is 0 Å². The first-order valence-electron chi connectivity index (χ1n) is 5.54. The van der Waals surface area contributed by atoms with Gasteiger partial charge in [-0.15, -0.1) is 11.3 Å². The van der Waals surface area contributed by atoms with Gasteiger partial charge in [-0.3, -0.25) is 0 Å². The Labute approximate surface area is 101 Å². The molecule has 1 rings (SSSR count). The quantitative estimate of drug-likeness (QED) is 0.821. The largest absolute Gasteiger partial charge is 0.329 e. The number of nitrogens with two attached hydrogens (primary N) is 1. The number of rotatable bonds is 6. The molecule has 2 unspecified atom stereocenters. The Morgan fingerprint density at radius 2 is 2.27 bits per heavy atom. The van der Waals surface area contributed by atoms with Crippen molar-refractivity contribution in [2.45, 2.75) is 32.4 Å². The molecule has 0 amide bonds. The lowest BCUT2D eigenvalue weighted by atomic mass is 10.2. The van der Waals surface area contributed by atoms with Crippen LogP contribution >= 0.6 is 23.1 Å². The number of hydrogen-bond acceptors (Lipinski definition) is 3. The smallest absolute Gasteiger partial charge is 0.0516 e. The van der Waals surface area contributed by atoms with Crippen molar-refractivity contribution in [3.05, 3.63) is 21.9 Å². The molecule has 1 heterocycles. The minimum Gasteiger partial charge on any atom is -0.329 e. The van der Waals surface area contributed by atoms with Gasteiger partial charge in [0.1, 0.15) is 0 Å². The van der Waals surface area contributed by atoms with Crippen LogP contribution in [0.5, 0.6) is 0 Å². The molecular weight excluding hydrogens is 222 g/mol. The van der Waals surface area contributed by atoms with Crippen molar-refractivity contribution in [3.8, 4) is 0 Å². The highest BCUT2D eigenvalue weighted by atomic mass is 32.2. The van der Waals surface area contributed by atoms with E-state index in [4.69, 9.17) is 5.73 Å². The van der Waals surface area contributed by atoms with Crippen molar-refractivity contribution in [2.75, 3.05) is 12.3 Å². The van der Waals surface area contributed by atoms with Crippen LogP contribution in [0.4, 0.5) is 0 Å². The van der Waals surface area contributed by atoms with E-state index >= 15 is 0 Å². The first-order valence-corrected chi connectivity index (χ1v) is 7.47. The second-order valence-electron chi connectivity index (χ2n) is 4.04. The van der Waals surface area contributed by atoms with Gasteiger partial charge in [-0.05, 0) is 35.6 Å². The molecule has 3 heteroatoms. The lowest BCUT2D eigenvalue weighted by Crippen LogP contribution is -2.11. The van der Waals surface area contributed by atoms with Crippen molar-refractivity contribution in [3.63, 3.8) is 0 Å². The Hall–Kier alpha value is 0.0100. The van der Waals surface area contributed by atoms with Crippen LogP contribution in [0.25, 0.3) is 0 Å². The molecule has 0 aliphatic carbocycles. The molecule has 1 aromatic rings. The highest BCUT2D eigenvalue weighted by Gasteiger charge is 2.14. The van der Waals surface area contributed by atoms with Crippen LogP contribution in [-0.2, 0) is 0 Å². The van der Waals surface area contributed by atoms with Crippen molar-refractivity contribution in [1.82, 2.24) is 0 Å². The van der Waals surface area contributed by atoms with Gasteiger partial charge in [0, 0.05) is 11.4 Å². The van der Waals surface area contributed by atoms with E-state index in [9.17, 15) is 0 Å². The maximum absolute atomic E-state index is 5.85. The Morgan fingerprint density at radius 3 is 2.73 bits per heavy atom. The maximum Gasteiger partial charge on any atom is 0.0516 e. The second-order valence-corrected chi connectivity index (χ2v) is 6.22. The minimum absolute atomic E-state index is 0.499. The van der Waals surface area contributed by atoms with E-state index in [0.717, 1.165) is 12.5 Å². The Bertz CT molecular complexity index is 283. The summed E-state index contributed by atoms with van der Waals surface area (Å²) in [6, 6.07) is 2.19. The van der Waals surface area contributed by atoms with E-state index in [2.05, 4.69) is 32.2 Å².